The Balaban J connectivity index is 4.09. The Morgan fingerprint density at radius 2 is 1.48 bits per heavy atom. The molecule has 0 bridgehead atoms. The summed E-state index contributed by atoms with van der Waals surface area (Å²) in [6, 6.07) is 0. The molecule has 3 nitrogen and oxygen atoms in total. The van der Waals surface area contributed by atoms with Gasteiger partial charge in [0.1, 0.15) is 0 Å². The Labute approximate surface area is 160 Å². The first-order valence-corrected chi connectivity index (χ1v) is 9.28. The van der Waals surface area contributed by atoms with E-state index in [1.807, 2.05) is 12.2 Å². The van der Waals surface area contributed by atoms with Crippen LogP contribution < -0.4 is 5.32 Å². The molecule has 142 valence electrons. The fourth-order valence-corrected chi connectivity index (χ4v) is 1.93. The van der Waals surface area contributed by atoms with Crippen molar-refractivity contribution in [2.24, 2.45) is 0 Å². The van der Waals surface area contributed by atoms with Crippen LogP contribution in [0.4, 0.5) is 0 Å². The summed E-state index contributed by atoms with van der Waals surface area (Å²) < 4.78 is 31.2. The van der Waals surface area contributed by atoms with Crippen LogP contribution in [0.15, 0.2) is 48.6 Å². The Morgan fingerprint density at radius 3 is 2.04 bits per heavy atom. The van der Waals surface area contributed by atoms with E-state index in [0.29, 0.717) is 6.42 Å². The topological polar surface area (TPSA) is 49.3 Å². The van der Waals surface area contributed by atoms with Gasteiger partial charge in [-0.05, 0) is 44.9 Å². The van der Waals surface area contributed by atoms with Gasteiger partial charge in [-0.1, -0.05) is 68.4 Å². The summed E-state index contributed by atoms with van der Waals surface area (Å²) in [5, 5.41) is 10.9. The van der Waals surface area contributed by atoms with Crippen LogP contribution in [-0.2, 0) is 4.79 Å². The van der Waals surface area contributed by atoms with E-state index >= 15 is 0 Å². The molecule has 0 radical (unpaired) electrons. The molecule has 0 aromatic rings. The van der Waals surface area contributed by atoms with Crippen LogP contribution in [0.3, 0.4) is 0 Å². The number of hydrogen-bond donors (Lipinski definition) is 2. The van der Waals surface area contributed by atoms with Gasteiger partial charge >= 0.3 is 0 Å². The van der Waals surface area contributed by atoms with E-state index in [2.05, 4.69) is 36.5 Å². The van der Waals surface area contributed by atoms with Crippen molar-refractivity contribution in [3.05, 3.63) is 48.6 Å². The van der Waals surface area contributed by atoms with Crippen molar-refractivity contribution in [3.8, 4) is 0 Å². The number of unbranched alkanes of at least 4 members (excludes halogenated alkanes) is 3. The monoisotopic (exact) mass is 351 g/mol. The van der Waals surface area contributed by atoms with E-state index in [9.17, 15) is 4.79 Å². The minimum atomic E-state index is -2.67. The molecule has 0 aliphatic carbocycles. The van der Waals surface area contributed by atoms with E-state index < -0.39 is 18.7 Å². The van der Waals surface area contributed by atoms with Gasteiger partial charge < -0.3 is 10.4 Å². The number of aliphatic hydroxyl groups is 1. The van der Waals surface area contributed by atoms with Crippen LogP contribution in [0.5, 0.6) is 0 Å². The van der Waals surface area contributed by atoms with Gasteiger partial charge in [0.05, 0.1) is 6.61 Å². The molecule has 0 heterocycles. The first-order chi connectivity index (χ1) is 13.8. The predicted octanol–water partition coefficient (Wildman–Crippen LogP) is 5.24. The first kappa shape index (κ1) is 16.8. The van der Waals surface area contributed by atoms with E-state index in [0.717, 1.165) is 19.3 Å². The summed E-state index contributed by atoms with van der Waals surface area (Å²) in [5.41, 5.74) is 0. The van der Waals surface area contributed by atoms with Gasteiger partial charge in [-0.3, -0.25) is 4.79 Å². The van der Waals surface area contributed by atoms with Crippen molar-refractivity contribution in [2.75, 3.05) is 13.2 Å². The number of rotatable bonds is 16. The summed E-state index contributed by atoms with van der Waals surface area (Å²) in [7, 11) is 0. The van der Waals surface area contributed by atoms with Crippen molar-refractivity contribution in [1.82, 2.24) is 5.32 Å². The average molecular weight is 352 g/mol. The number of carbonyl (C=O) groups is 1. The molecular formula is C22H37NO2. The number of carbonyl (C=O) groups excluding carboxylic acids is 1. The van der Waals surface area contributed by atoms with Gasteiger partial charge in [-0.2, -0.15) is 0 Å². The van der Waals surface area contributed by atoms with Gasteiger partial charge in [0.15, 0.2) is 0 Å². The molecule has 1 amide bonds. The lowest BCUT2D eigenvalue weighted by atomic mass is 10.2. The molecule has 2 N–H and O–H groups in total. The number of aliphatic hydroxyl groups excluding tert-OH is 1. The van der Waals surface area contributed by atoms with Crippen molar-refractivity contribution >= 4 is 5.91 Å². The van der Waals surface area contributed by atoms with E-state index in [1.54, 1.807) is 12.2 Å². The van der Waals surface area contributed by atoms with E-state index in [4.69, 9.17) is 10.6 Å². The second-order valence-corrected chi connectivity index (χ2v) is 5.57. The quantitative estimate of drug-likeness (QED) is 0.295. The summed E-state index contributed by atoms with van der Waals surface area (Å²) in [4.78, 5) is 11.7. The zero-order valence-corrected chi connectivity index (χ0v) is 15.5. The Morgan fingerprint density at radius 1 is 0.920 bits per heavy atom. The van der Waals surface area contributed by atoms with E-state index in [1.165, 1.54) is 19.3 Å². The van der Waals surface area contributed by atoms with Gasteiger partial charge in [-0.15, -0.1) is 0 Å². The second-order valence-electron chi connectivity index (χ2n) is 5.57. The van der Waals surface area contributed by atoms with Crippen molar-refractivity contribution < 1.29 is 15.4 Å². The maximum absolute atomic E-state index is 11.7. The van der Waals surface area contributed by atoms with Crippen LogP contribution in [-0.4, -0.2) is 24.2 Å². The standard InChI is InChI=1S/C22H37NO2/c1-2-3-4-5-6-7-8-9-10-11-12-13-14-15-16-17-18-19-22(25)23-20-21-24/h6-7,9-10,12-13,15-16,24H,2-5,8,11,14,17-21H2,1H3,(H,23,25)/b7-6-,10-9-,13-12-,16-15-/i18D2,19D2. The molecule has 0 spiro atoms. The molecule has 0 aliphatic rings. The molecule has 0 aromatic heterocycles. The highest BCUT2D eigenvalue weighted by Gasteiger charge is 1.97. The maximum Gasteiger partial charge on any atom is 0.220 e. The van der Waals surface area contributed by atoms with Gasteiger partial charge in [0.25, 0.3) is 0 Å². The van der Waals surface area contributed by atoms with Crippen molar-refractivity contribution in [1.29, 1.82) is 0 Å². The van der Waals surface area contributed by atoms with Crippen LogP contribution in [0.2, 0.25) is 0 Å². The zero-order chi connectivity index (χ0) is 22.0. The molecule has 0 rings (SSSR count). The number of nitrogens with one attached hydrogen (secondary N) is 1. The summed E-state index contributed by atoms with van der Waals surface area (Å²) in [6.45, 7) is 1.79. The first-order valence-electron chi connectivity index (χ1n) is 11.3. The molecule has 0 unspecified atom stereocenters. The normalized spacial score (nSPS) is 15.8. The van der Waals surface area contributed by atoms with Crippen molar-refractivity contribution in [2.45, 2.75) is 71.0 Å². The third kappa shape index (κ3) is 20.3. The Hall–Kier alpha value is -1.61. The minimum Gasteiger partial charge on any atom is -0.395 e. The number of amides is 1. The highest BCUT2D eigenvalue weighted by molar-refractivity contribution is 5.75. The fourth-order valence-electron chi connectivity index (χ4n) is 1.93. The Kier molecular flexibility index (Phi) is 13.8. The lowest BCUT2D eigenvalue weighted by Gasteiger charge is -2.00. The highest BCUT2D eigenvalue weighted by atomic mass is 16.3. The lowest BCUT2D eigenvalue weighted by Crippen LogP contribution is -2.25. The number of hydrogen-bond acceptors (Lipinski definition) is 2. The van der Waals surface area contributed by atoms with Crippen LogP contribution in [0.1, 0.15) is 76.5 Å². The summed E-state index contributed by atoms with van der Waals surface area (Å²) >= 11 is 0. The van der Waals surface area contributed by atoms with Gasteiger partial charge in [0.2, 0.25) is 5.91 Å². The molecule has 3 heteroatoms. The third-order valence-corrected chi connectivity index (χ3v) is 3.28. The summed E-state index contributed by atoms with van der Waals surface area (Å²) in [6.07, 6.45) is 18.1. The summed E-state index contributed by atoms with van der Waals surface area (Å²) in [5.74, 6) is -1.05. The highest BCUT2D eigenvalue weighted by Crippen LogP contribution is 2.01. The van der Waals surface area contributed by atoms with Gasteiger partial charge in [-0.25, -0.2) is 0 Å². The SMILES string of the molecule is [2H]C([2H])(C/C=C\C/C=C\C/C=C\C/C=C\CCCCC)C([2H])([2H])C(=O)NCCO. The minimum absolute atomic E-state index is 0.0985. The molecular weight excluding hydrogens is 310 g/mol. The molecule has 0 saturated heterocycles. The van der Waals surface area contributed by atoms with Gasteiger partial charge in [0, 0.05) is 18.4 Å². The number of allylic oxidation sites excluding steroid dienone is 8. The van der Waals surface area contributed by atoms with Crippen LogP contribution in [0, 0.1) is 0 Å². The molecule has 0 fully saturated rings. The molecule has 0 aliphatic heterocycles. The molecule has 0 atom stereocenters. The molecule has 25 heavy (non-hydrogen) atoms. The molecule has 0 aromatic carbocycles. The smallest absolute Gasteiger partial charge is 0.220 e. The van der Waals surface area contributed by atoms with E-state index in [-0.39, 0.29) is 19.6 Å². The Bertz CT molecular complexity index is 555. The van der Waals surface area contributed by atoms with Crippen LogP contribution in [0.25, 0.3) is 0 Å². The van der Waals surface area contributed by atoms with Crippen LogP contribution >= 0.6 is 0 Å². The maximum atomic E-state index is 11.7. The third-order valence-electron chi connectivity index (χ3n) is 3.28. The van der Waals surface area contributed by atoms with Crippen molar-refractivity contribution in [3.63, 3.8) is 0 Å². The zero-order valence-electron chi connectivity index (χ0n) is 19.5. The predicted molar refractivity (Wildman–Crippen MR) is 108 cm³/mol. The average Bonchev–Trinajstić information content (AvgIpc) is 2.68. The fraction of sp³-hybridized carbons (Fsp3) is 0.591. The second kappa shape index (κ2) is 20.4. The largest absolute Gasteiger partial charge is 0.395 e. The molecule has 0 saturated carbocycles. The lowest BCUT2D eigenvalue weighted by molar-refractivity contribution is -0.121.